The fourth-order valence-electron chi connectivity index (χ4n) is 8.02. The molecule has 2 aliphatic rings. The number of ether oxygens (including phenoxy) is 1. The lowest BCUT2D eigenvalue weighted by Crippen LogP contribution is -2.46. The fourth-order valence-corrected chi connectivity index (χ4v) is 10.5. The van der Waals surface area contributed by atoms with E-state index in [0.717, 1.165) is 0 Å². The maximum Gasteiger partial charge on any atom is 0.255 e. The van der Waals surface area contributed by atoms with E-state index in [0.29, 0.717) is 79.9 Å². The van der Waals surface area contributed by atoms with Gasteiger partial charge in [0.25, 0.3) is 11.8 Å². The minimum absolute atomic E-state index is 0.0101. The molecule has 2 aromatic heterocycles. The highest BCUT2D eigenvalue weighted by Crippen LogP contribution is 2.43. The van der Waals surface area contributed by atoms with Gasteiger partial charge in [-0.25, -0.2) is 0 Å². The summed E-state index contributed by atoms with van der Waals surface area (Å²) < 4.78 is 38.7. The molecule has 0 aliphatic carbocycles. The summed E-state index contributed by atoms with van der Waals surface area (Å²) in [5.74, 6) is -0.431. The van der Waals surface area contributed by atoms with Crippen molar-refractivity contribution in [2.24, 2.45) is 11.8 Å². The number of nitrogens with one attached hydrogen (secondary N) is 4. The van der Waals surface area contributed by atoms with Crippen LogP contribution in [0.3, 0.4) is 0 Å². The SMILES string of the molecule is CC(C)(C)[S+]([O-])N[C@@H](c1cc(Cl)c(Cl)cc1O)C1CCN(C(=O)c2c[nH]c(=O)cc2C=CCOc2cc(Cl)c(Cl)cc2[C@H](N[S+]([O-])C(C)(C)C)C2CCN(C(=O)c3ccc(=O)[nH]c3)CC2)CC1. The summed E-state index contributed by atoms with van der Waals surface area (Å²) in [5, 5.41) is 11.9. The fraction of sp³-hybridized carbons (Fsp3) is 0.447. The number of halogens is 4. The van der Waals surface area contributed by atoms with E-state index in [-0.39, 0.29) is 67.2 Å². The third kappa shape index (κ3) is 13.4. The topological polar surface area (TPSA) is 206 Å². The molecular weight excluding hydrogens is 982 g/mol. The lowest BCUT2D eigenvalue weighted by Gasteiger charge is -2.38. The summed E-state index contributed by atoms with van der Waals surface area (Å²) in [6.07, 6.45) is 8.24. The van der Waals surface area contributed by atoms with Gasteiger partial charge in [-0.2, -0.15) is 0 Å². The van der Waals surface area contributed by atoms with Crippen LogP contribution in [0.25, 0.3) is 6.08 Å². The quantitative estimate of drug-likeness (QED) is 0.0760. The molecule has 0 spiro atoms. The van der Waals surface area contributed by atoms with Crippen molar-refractivity contribution in [3.05, 3.63) is 130 Å². The number of nitrogens with zero attached hydrogens (tertiary/aromatic N) is 2. The largest absolute Gasteiger partial charge is 0.598 e. The monoisotopic (exact) mass is 1040 g/mol. The summed E-state index contributed by atoms with van der Waals surface area (Å²) in [4.78, 5) is 60.2. The zero-order valence-corrected chi connectivity index (χ0v) is 42.7. The van der Waals surface area contributed by atoms with E-state index >= 15 is 0 Å². The Morgan fingerprint density at radius 2 is 1.24 bits per heavy atom. The number of likely N-dealkylation sites (tertiary alicyclic amines) is 2. The molecule has 2 amide bonds. The molecule has 2 unspecified atom stereocenters. The predicted octanol–water partition coefficient (Wildman–Crippen LogP) is 8.77. The van der Waals surface area contributed by atoms with Crippen molar-refractivity contribution < 1.29 is 28.5 Å². The third-order valence-corrected chi connectivity index (χ3v) is 16.4. The predicted molar refractivity (Wildman–Crippen MR) is 268 cm³/mol. The van der Waals surface area contributed by atoms with Gasteiger partial charge in [0, 0.05) is 96.7 Å². The summed E-state index contributed by atoms with van der Waals surface area (Å²) in [5.41, 5.74) is 1.41. The van der Waals surface area contributed by atoms with Crippen molar-refractivity contribution in [1.82, 2.24) is 29.2 Å². The number of rotatable bonds is 14. The Kier molecular flexibility index (Phi) is 17.6. The van der Waals surface area contributed by atoms with Gasteiger partial charge in [-0.05, 0) is 109 Å². The van der Waals surface area contributed by atoms with E-state index in [2.05, 4.69) is 19.4 Å². The molecule has 4 atom stereocenters. The van der Waals surface area contributed by atoms with Crippen molar-refractivity contribution in [3.63, 3.8) is 0 Å². The van der Waals surface area contributed by atoms with Crippen LogP contribution in [-0.2, 0) is 22.7 Å². The minimum atomic E-state index is -1.52. The molecule has 4 aromatic rings. The highest BCUT2D eigenvalue weighted by atomic mass is 35.5. The molecule has 20 heteroatoms. The van der Waals surface area contributed by atoms with Gasteiger partial charge < -0.3 is 38.7 Å². The Hall–Kier alpha value is -3.68. The number of hydrogen-bond acceptors (Lipinski definition) is 10. The molecule has 0 radical (unpaired) electrons. The minimum Gasteiger partial charge on any atom is -0.598 e. The molecule has 67 heavy (non-hydrogen) atoms. The number of aromatic nitrogens is 2. The molecule has 6 rings (SSSR count). The Morgan fingerprint density at radius 3 is 1.78 bits per heavy atom. The average Bonchev–Trinajstić information content (AvgIpc) is 3.28. The molecule has 2 aromatic carbocycles. The molecular formula is C47H56Cl4N6O8S2. The van der Waals surface area contributed by atoms with Crippen molar-refractivity contribution in [2.75, 3.05) is 32.8 Å². The first-order valence-corrected chi connectivity index (χ1v) is 25.6. The van der Waals surface area contributed by atoms with Gasteiger partial charge >= 0.3 is 0 Å². The molecule has 0 bridgehead atoms. The Bertz CT molecular complexity index is 2550. The first-order valence-electron chi connectivity index (χ1n) is 21.8. The number of carbonyl (C=O) groups excluding carboxylic acids is 2. The number of phenolic OH excluding ortho intramolecular Hbond substituents is 1. The Balaban J connectivity index is 1.17. The summed E-state index contributed by atoms with van der Waals surface area (Å²) in [6.45, 7) is 12.6. The van der Waals surface area contributed by atoms with Crippen LogP contribution in [0.4, 0.5) is 0 Å². The average molecular weight is 1040 g/mol. The van der Waals surface area contributed by atoms with E-state index in [9.17, 15) is 33.4 Å². The highest BCUT2D eigenvalue weighted by molar-refractivity contribution is 7.91. The number of piperidine rings is 2. The summed E-state index contributed by atoms with van der Waals surface area (Å²) in [7, 11) is 0. The van der Waals surface area contributed by atoms with Crippen LogP contribution in [0, 0.1) is 11.8 Å². The lowest BCUT2D eigenvalue weighted by molar-refractivity contribution is 0.0666. The molecule has 14 nitrogen and oxygen atoms in total. The number of phenols is 1. The maximum atomic E-state index is 14.1. The van der Waals surface area contributed by atoms with Gasteiger partial charge in [-0.1, -0.05) is 52.5 Å². The molecule has 0 saturated carbocycles. The van der Waals surface area contributed by atoms with Crippen LogP contribution in [0.5, 0.6) is 11.5 Å². The van der Waals surface area contributed by atoms with Crippen LogP contribution in [0.2, 0.25) is 20.1 Å². The highest BCUT2D eigenvalue weighted by Gasteiger charge is 2.39. The first-order chi connectivity index (χ1) is 31.5. The van der Waals surface area contributed by atoms with Gasteiger partial charge in [-0.3, -0.25) is 19.2 Å². The molecule has 5 N–H and O–H groups in total. The lowest BCUT2D eigenvalue weighted by atomic mass is 9.85. The van der Waals surface area contributed by atoms with Crippen molar-refractivity contribution in [2.45, 2.75) is 88.8 Å². The molecule has 4 heterocycles. The molecule has 362 valence electrons. The van der Waals surface area contributed by atoms with E-state index in [4.69, 9.17) is 51.1 Å². The molecule has 2 fully saturated rings. The van der Waals surface area contributed by atoms with Gasteiger partial charge in [-0.15, -0.1) is 9.44 Å². The van der Waals surface area contributed by atoms with Crippen LogP contribution in [0.15, 0.2) is 70.5 Å². The number of pyridine rings is 2. The van der Waals surface area contributed by atoms with E-state index < -0.39 is 49.9 Å². The maximum absolute atomic E-state index is 14.1. The Labute approximate surface area is 416 Å². The zero-order chi connectivity index (χ0) is 49.0. The van der Waals surface area contributed by atoms with Crippen LogP contribution >= 0.6 is 46.4 Å². The summed E-state index contributed by atoms with van der Waals surface area (Å²) >= 11 is 22.7. The third-order valence-electron chi connectivity index (χ3n) is 11.8. The van der Waals surface area contributed by atoms with Crippen LogP contribution in [0.1, 0.15) is 117 Å². The summed E-state index contributed by atoms with van der Waals surface area (Å²) in [6, 6.07) is 9.33. The zero-order valence-electron chi connectivity index (χ0n) is 38.1. The second-order valence-electron chi connectivity index (χ2n) is 18.7. The van der Waals surface area contributed by atoms with E-state index in [1.165, 1.54) is 36.7 Å². The second kappa shape index (κ2) is 22.4. The van der Waals surface area contributed by atoms with E-state index in [1.54, 1.807) is 40.2 Å². The number of benzene rings is 2. The number of amides is 2. The second-order valence-corrected chi connectivity index (χ2v) is 24.3. The van der Waals surface area contributed by atoms with Crippen molar-refractivity contribution in [1.29, 1.82) is 0 Å². The molecule has 2 aliphatic heterocycles. The number of H-pyrrole nitrogens is 2. The van der Waals surface area contributed by atoms with Crippen LogP contribution in [-0.4, -0.2) is 88.1 Å². The first kappa shape index (κ1) is 52.7. The Morgan fingerprint density at radius 1 is 0.746 bits per heavy atom. The van der Waals surface area contributed by atoms with Crippen molar-refractivity contribution in [3.8, 4) is 11.5 Å². The van der Waals surface area contributed by atoms with Crippen molar-refractivity contribution >= 4 is 87.0 Å². The van der Waals surface area contributed by atoms with Gasteiger partial charge in [0.05, 0.1) is 43.3 Å². The van der Waals surface area contributed by atoms with Crippen LogP contribution < -0.4 is 25.3 Å². The number of aromatic hydroxyl groups is 1. The number of aromatic amines is 2. The van der Waals surface area contributed by atoms with Gasteiger partial charge in [0.15, 0.2) is 0 Å². The van der Waals surface area contributed by atoms with Gasteiger partial charge in [0.2, 0.25) is 11.1 Å². The van der Waals surface area contributed by atoms with E-state index in [1.807, 2.05) is 41.5 Å². The normalized spacial score (nSPS) is 17.4. The van der Waals surface area contributed by atoms with Gasteiger partial charge in [0.1, 0.15) is 27.6 Å². The number of carbonyl (C=O) groups is 2. The molecule has 2 saturated heterocycles. The number of hydrogen-bond donors (Lipinski definition) is 5. The standard InChI is InChI=1S/C47H56Cl4N6O8S2/c1-46(2,3)66(63)54-42(31-21-34(48)36(50)23-38(31)58)27-13-17-57(18-14-27)45(62)33-26-53-41(60)20-29(33)8-7-19-65-39-24-37(51)35(49)22-32(39)43(55-67(64)47(4,5)6)28-11-15-56(16-12-28)44(61)30-9-10-40(59)52-25-30/h7-10,20-28,42-43,54-55,58H,11-19H2,1-6H3,(H,52,59)(H,53,60)/t42-,43-,66?,67?/m1/s1. The smallest absolute Gasteiger partial charge is 0.255 e.